The number of nitrogens with zero attached hydrogens (tertiary/aromatic N) is 1. The van der Waals surface area contributed by atoms with Crippen LogP contribution in [0, 0.1) is 5.92 Å². The highest BCUT2D eigenvalue weighted by Crippen LogP contribution is 2.44. The Morgan fingerprint density at radius 2 is 1.90 bits per heavy atom. The molecule has 2 rings (SSSR count). The molecular formula is C16H26ClN3. The van der Waals surface area contributed by atoms with E-state index in [0.717, 1.165) is 29.3 Å². The Balaban J connectivity index is 2.38. The first-order valence-corrected chi connectivity index (χ1v) is 7.77. The Morgan fingerprint density at radius 1 is 1.30 bits per heavy atom. The highest BCUT2D eigenvalue weighted by molar-refractivity contribution is 6.31. The molecule has 1 unspecified atom stereocenters. The molecule has 0 heterocycles. The van der Waals surface area contributed by atoms with Crippen molar-refractivity contribution in [3.05, 3.63) is 34.9 Å². The highest BCUT2D eigenvalue weighted by Gasteiger charge is 2.43. The van der Waals surface area contributed by atoms with Crippen LogP contribution in [0.15, 0.2) is 24.3 Å². The van der Waals surface area contributed by atoms with E-state index < -0.39 is 0 Å². The quantitative estimate of drug-likeness (QED) is 0.661. The summed E-state index contributed by atoms with van der Waals surface area (Å²) < 4.78 is 0. The zero-order valence-corrected chi connectivity index (χ0v) is 13.5. The van der Waals surface area contributed by atoms with Gasteiger partial charge in [-0.05, 0) is 57.3 Å². The van der Waals surface area contributed by atoms with E-state index in [2.05, 4.69) is 37.4 Å². The van der Waals surface area contributed by atoms with Crippen LogP contribution in [0.1, 0.15) is 44.2 Å². The van der Waals surface area contributed by atoms with E-state index in [1.807, 2.05) is 18.2 Å². The molecule has 1 aromatic carbocycles. The number of benzene rings is 1. The summed E-state index contributed by atoms with van der Waals surface area (Å²) in [5, 5.41) is 0.787. The Bertz CT molecular complexity index is 439. The summed E-state index contributed by atoms with van der Waals surface area (Å²) >= 11 is 6.40. The maximum absolute atomic E-state index is 6.40. The molecule has 1 aromatic rings. The zero-order chi connectivity index (χ0) is 14.8. The van der Waals surface area contributed by atoms with Crippen molar-refractivity contribution in [1.29, 1.82) is 0 Å². The molecule has 1 atom stereocenters. The minimum Gasteiger partial charge on any atom is -0.302 e. The summed E-state index contributed by atoms with van der Waals surface area (Å²) in [6.45, 7) is 2.33. The van der Waals surface area contributed by atoms with Gasteiger partial charge in [0.2, 0.25) is 0 Å². The first-order valence-electron chi connectivity index (χ1n) is 7.39. The Hall–Kier alpha value is -0.610. The molecule has 0 radical (unpaired) electrons. The monoisotopic (exact) mass is 295 g/mol. The SMILES string of the molecule is CC1CCC(C(NN)c2ccccc2Cl)(N(C)C)CC1. The van der Waals surface area contributed by atoms with Crippen molar-refractivity contribution >= 4 is 11.6 Å². The van der Waals surface area contributed by atoms with Crippen molar-refractivity contribution in [2.45, 2.75) is 44.2 Å². The maximum Gasteiger partial charge on any atom is 0.0658 e. The van der Waals surface area contributed by atoms with E-state index in [1.54, 1.807) is 0 Å². The van der Waals surface area contributed by atoms with Crippen molar-refractivity contribution in [2.24, 2.45) is 11.8 Å². The summed E-state index contributed by atoms with van der Waals surface area (Å²) in [5.74, 6) is 6.73. The van der Waals surface area contributed by atoms with Gasteiger partial charge in [-0.3, -0.25) is 11.3 Å². The summed E-state index contributed by atoms with van der Waals surface area (Å²) in [7, 11) is 4.30. The Morgan fingerprint density at radius 3 is 2.40 bits per heavy atom. The molecule has 3 N–H and O–H groups in total. The van der Waals surface area contributed by atoms with Crippen LogP contribution in [0.2, 0.25) is 5.02 Å². The second-order valence-corrected chi connectivity index (χ2v) is 6.71. The number of nitrogens with one attached hydrogen (secondary N) is 1. The fraction of sp³-hybridized carbons (Fsp3) is 0.625. The number of halogens is 1. The van der Waals surface area contributed by atoms with Gasteiger partial charge in [-0.1, -0.05) is 36.7 Å². The predicted octanol–water partition coefficient (Wildman–Crippen LogP) is 3.35. The van der Waals surface area contributed by atoms with Gasteiger partial charge in [0.15, 0.2) is 0 Å². The third kappa shape index (κ3) is 2.86. The van der Waals surface area contributed by atoms with E-state index in [1.165, 1.54) is 12.8 Å². The van der Waals surface area contributed by atoms with Gasteiger partial charge in [0.25, 0.3) is 0 Å². The van der Waals surface area contributed by atoms with Crippen LogP contribution < -0.4 is 11.3 Å². The van der Waals surface area contributed by atoms with Crippen LogP contribution in [0.4, 0.5) is 0 Å². The lowest BCUT2D eigenvalue weighted by Gasteiger charge is -2.49. The molecule has 0 aromatic heterocycles. The normalized spacial score (nSPS) is 28.6. The van der Waals surface area contributed by atoms with Crippen LogP contribution >= 0.6 is 11.6 Å². The largest absolute Gasteiger partial charge is 0.302 e. The molecule has 1 aliphatic rings. The van der Waals surface area contributed by atoms with Gasteiger partial charge in [0, 0.05) is 10.6 Å². The van der Waals surface area contributed by atoms with Crippen LogP contribution in [0.25, 0.3) is 0 Å². The van der Waals surface area contributed by atoms with Crippen molar-refractivity contribution in [2.75, 3.05) is 14.1 Å². The number of hydrogen-bond donors (Lipinski definition) is 2. The predicted molar refractivity (Wildman–Crippen MR) is 85.6 cm³/mol. The van der Waals surface area contributed by atoms with Gasteiger partial charge in [-0.25, -0.2) is 0 Å². The minimum absolute atomic E-state index is 0.0340. The van der Waals surface area contributed by atoms with Gasteiger partial charge in [-0.15, -0.1) is 0 Å². The molecule has 112 valence electrons. The lowest BCUT2D eigenvalue weighted by atomic mass is 9.70. The van der Waals surface area contributed by atoms with Crippen LogP contribution in [0.5, 0.6) is 0 Å². The molecule has 0 amide bonds. The van der Waals surface area contributed by atoms with E-state index in [9.17, 15) is 0 Å². The molecular weight excluding hydrogens is 270 g/mol. The van der Waals surface area contributed by atoms with Crippen molar-refractivity contribution in [3.8, 4) is 0 Å². The smallest absolute Gasteiger partial charge is 0.0658 e. The number of nitrogens with two attached hydrogens (primary N) is 1. The van der Waals surface area contributed by atoms with Gasteiger partial charge in [0.1, 0.15) is 0 Å². The second-order valence-electron chi connectivity index (χ2n) is 6.30. The standard InChI is InChI=1S/C16H26ClN3/c1-12-8-10-16(11-9-12,20(2)3)15(19-18)13-6-4-5-7-14(13)17/h4-7,12,15,19H,8-11,18H2,1-3H3. The second kappa shape index (κ2) is 6.44. The number of likely N-dealkylation sites (N-methyl/N-ethyl adjacent to an activating group) is 1. The van der Waals surface area contributed by atoms with Crippen molar-refractivity contribution in [1.82, 2.24) is 10.3 Å². The zero-order valence-electron chi connectivity index (χ0n) is 12.7. The fourth-order valence-corrected chi connectivity index (χ4v) is 3.74. The first kappa shape index (κ1) is 15.8. The van der Waals surface area contributed by atoms with E-state index in [-0.39, 0.29) is 11.6 Å². The minimum atomic E-state index is 0.0340. The molecule has 1 saturated carbocycles. The van der Waals surface area contributed by atoms with Gasteiger partial charge in [-0.2, -0.15) is 0 Å². The van der Waals surface area contributed by atoms with Crippen LogP contribution in [-0.2, 0) is 0 Å². The van der Waals surface area contributed by atoms with Crippen molar-refractivity contribution < 1.29 is 0 Å². The molecule has 0 bridgehead atoms. The van der Waals surface area contributed by atoms with E-state index >= 15 is 0 Å². The van der Waals surface area contributed by atoms with Gasteiger partial charge < -0.3 is 4.90 Å². The first-order chi connectivity index (χ1) is 9.51. The van der Waals surface area contributed by atoms with Crippen LogP contribution in [0.3, 0.4) is 0 Å². The molecule has 0 spiro atoms. The third-order valence-electron chi connectivity index (χ3n) is 4.95. The van der Waals surface area contributed by atoms with Gasteiger partial charge in [0.05, 0.1) is 6.04 Å². The summed E-state index contributed by atoms with van der Waals surface area (Å²) in [6, 6.07) is 8.07. The number of hydrogen-bond acceptors (Lipinski definition) is 3. The highest BCUT2D eigenvalue weighted by atomic mass is 35.5. The lowest BCUT2D eigenvalue weighted by molar-refractivity contribution is 0.0428. The molecule has 1 fully saturated rings. The van der Waals surface area contributed by atoms with E-state index in [4.69, 9.17) is 17.4 Å². The molecule has 3 nitrogen and oxygen atoms in total. The number of rotatable bonds is 4. The molecule has 0 saturated heterocycles. The number of hydrazine groups is 1. The average Bonchev–Trinajstić information content (AvgIpc) is 2.43. The van der Waals surface area contributed by atoms with E-state index in [0.29, 0.717) is 0 Å². The maximum atomic E-state index is 6.40. The molecule has 20 heavy (non-hydrogen) atoms. The molecule has 0 aliphatic heterocycles. The van der Waals surface area contributed by atoms with Crippen LogP contribution in [-0.4, -0.2) is 24.5 Å². The Labute approximate surface area is 127 Å². The molecule has 1 aliphatic carbocycles. The topological polar surface area (TPSA) is 41.3 Å². The van der Waals surface area contributed by atoms with Gasteiger partial charge >= 0.3 is 0 Å². The lowest BCUT2D eigenvalue weighted by Crippen LogP contribution is -2.57. The third-order valence-corrected chi connectivity index (χ3v) is 5.30. The Kier molecular flexibility index (Phi) is 5.08. The summed E-state index contributed by atoms with van der Waals surface area (Å²) in [6.07, 6.45) is 4.75. The summed E-state index contributed by atoms with van der Waals surface area (Å²) in [4.78, 5) is 2.33. The van der Waals surface area contributed by atoms with Crippen molar-refractivity contribution in [3.63, 3.8) is 0 Å². The average molecular weight is 296 g/mol. The fourth-order valence-electron chi connectivity index (χ4n) is 3.50. The summed E-state index contributed by atoms with van der Waals surface area (Å²) in [5.41, 5.74) is 4.17. The molecule has 4 heteroatoms.